The molecule has 0 aliphatic heterocycles. The molecule has 0 unspecified atom stereocenters. The van der Waals surface area contributed by atoms with Crippen LogP contribution in [0.25, 0.3) is 0 Å². The van der Waals surface area contributed by atoms with E-state index in [-0.39, 0.29) is 17.5 Å². The summed E-state index contributed by atoms with van der Waals surface area (Å²) >= 11 is 0. The van der Waals surface area contributed by atoms with E-state index in [1.807, 2.05) is 13.8 Å². The van der Waals surface area contributed by atoms with E-state index in [4.69, 9.17) is 0 Å². The van der Waals surface area contributed by atoms with Crippen molar-refractivity contribution in [3.8, 4) is 0 Å². The highest BCUT2D eigenvalue weighted by atomic mass is 19.2. The molecule has 1 aromatic rings. The number of benzene rings is 1. The molecule has 5 heteroatoms. The maximum absolute atomic E-state index is 13.3. The fourth-order valence-corrected chi connectivity index (χ4v) is 1.52. The van der Waals surface area contributed by atoms with Gasteiger partial charge in [-0.05, 0) is 25.0 Å². The minimum absolute atomic E-state index is 0.262. The van der Waals surface area contributed by atoms with Crippen LogP contribution in [0.4, 0.5) is 18.9 Å². The fourth-order valence-electron chi connectivity index (χ4n) is 1.52. The Hall–Kier alpha value is -1.52. The van der Waals surface area contributed by atoms with Crippen LogP contribution in [0.2, 0.25) is 0 Å². The molecule has 1 amide bonds. The molecule has 0 aliphatic carbocycles. The van der Waals surface area contributed by atoms with Crippen LogP contribution in [0.3, 0.4) is 0 Å². The molecular formula is C12H14F3NO. The van der Waals surface area contributed by atoms with Gasteiger partial charge in [-0.1, -0.05) is 13.8 Å². The van der Waals surface area contributed by atoms with Crippen molar-refractivity contribution in [3.63, 3.8) is 0 Å². The number of halogens is 3. The van der Waals surface area contributed by atoms with Crippen molar-refractivity contribution in [1.82, 2.24) is 0 Å². The summed E-state index contributed by atoms with van der Waals surface area (Å²) in [4.78, 5) is 11.6. The molecule has 17 heavy (non-hydrogen) atoms. The third-order valence-corrected chi connectivity index (χ3v) is 2.65. The zero-order valence-corrected chi connectivity index (χ0v) is 9.69. The summed E-state index contributed by atoms with van der Waals surface area (Å²) < 4.78 is 38.8. The zero-order valence-electron chi connectivity index (χ0n) is 9.69. The first-order chi connectivity index (χ1) is 8.01. The van der Waals surface area contributed by atoms with Crippen molar-refractivity contribution in [1.29, 1.82) is 0 Å². The summed E-state index contributed by atoms with van der Waals surface area (Å²) in [6, 6.07) is 1.79. The Morgan fingerprint density at radius 1 is 1.18 bits per heavy atom. The normalized spacial score (nSPS) is 10.7. The number of carbonyl (C=O) groups is 1. The van der Waals surface area contributed by atoms with Crippen molar-refractivity contribution in [2.75, 3.05) is 5.32 Å². The summed E-state index contributed by atoms with van der Waals surface area (Å²) in [5.41, 5.74) is -0.333. The van der Waals surface area contributed by atoms with Crippen LogP contribution < -0.4 is 5.32 Å². The maximum Gasteiger partial charge on any atom is 0.227 e. The van der Waals surface area contributed by atoms with E-state index in [9.17, 15) is 18.0 Å². The van der Waals surface area contributed by atoms with Crippen LogP contribution in [-0.4, -0.2) is 5.91 Å². The van der Waals surface area contributed by atoms with Crippen LogP contribution in [0.5, 0.6) is 0 Å². The van der Waals surface area contributed by atoms with E-state index in [1.165, 1.54) is 0 Å². The lowest BCUT2D eigenvalue weighted by atomic mass is 10.0. The molecule has 1 N–H and O–H groups in total. The molecule has 94 valence electrons. The summed E-state index contributed by atoms with van der Waals surface area (Å²) in [6.07, 6.45) is 1.21. The minimum atomic E-state index is -1.58. The van der Waals surface area contributed by atoms with Gasteiger partial charge in [0.05, 0.1) is 5.69 Å². The molecule has 0 aromatic heterocycles. The van der Waals surface area contributed by atoms with Gasteiger partial charge in [0.1, 0.15) is 0 Å². The van der Waals surface area contributed by atoms with E-state index < -0.39 is 17.5 Å². The molecule has 2 nitrogen and oxygen atoms in total. The number of carbonyl (C=O) groups excluding carboxylic acids is 1. The van der Waals surface area contributed by atoms with Crippen molar-refractivity contribution in [2.45, 2.75) is 26.7 Å². The third-order valence-electron chi connectivity index (χ3n) is 2.65. The molecule has 0 spiro atoms. The predicted octanol–water partition coefficient (Wildman–Crippen LogP) is 3.48. The van der Waals surface area contributed by atoms with E-state index in [1.54, 1.807) is 0 Å². The second-order valence-corrected chi connectivity index (χ2v) is 3.73. The van der Waals surface area contributed by atoms with Crippen LogP contribution in [0.15, 0.2) is 12.1 Å². The van der Waals surface area contributed by atoms with Crippen LogP contribution in [0, 0.1) is 23.4 Å². The number of amides is 1. The molecule has 0 radical (unpaired) electrons. The quantitative estimate of drug-likeness (QED) is 0.808. The van der Waals surface area contributed by atoms with E-state index >= 15 is 0 Å². The molecule has 0 aliphatic rings. The molecule has 1 aromatic carbocycles. The molecular weight excluding hydrogens is 231 g/mol. The number of nitrogens with one attached hydrogen (secondary N) is 1. The van der Waals surface area contributed by atoms with Gasteiger partial charge in [0, 0.05) is 5.92 Å². The van der Waals surface area contributed by atoms with Gasteiger partial charge in [0.2, 0.25) is 5.91 Å². The van der Waals surface area contributed by atoms with Gasteiger partial charge in [-0.3, -0.25) is 4.79 Å². The smallest absolute Gasteiger partial charge is 0.227 e. The van der Waals surface area contributed by atoms with Gasteiger partial charge in [0.15, 0.2) is 17.5 Å². The van der Waals surface area contributed by atoms with Crippen molar-refractivity contribution in [3.05, 3.63) is 29.6 Å². The lowest BCUT2D eigenvalue weighted by Gasteiger charge is -2.13. The standard InChI is InChI=1S/C12H14F3NO/c1-3-7(4-2)12(17)16-9-6-5-8(13)10(14)11(9)15/h5-7H,3-4H2,1-2H3,(H,16,17). The molecule has 1 rings (SSSR count). The summed E-state index contributed by atoms with van der Waals surface area (Å²) in [6.45, 7) is 3.66. The summed E-state index contributed by atoms with van der Waals surface area (Å²) in [7, 11) is 0. The first-order valence-electron chi connectivity index (χ1n) is 5.45. The molecule has 0 fully saturated rings. The van der Waals surface area contributed by atoms with Crippen LogP contribution in [-0.2, 0) is 4.79 Å². The van der Waals surface area contributed by atoms with Crippen LogP contribution >= 0.6 is 0 Å². The Labute approximate surface area is 97.8 Å². The fraction of sp³-hybridized carbons (Fsp3) is 0.417. The topological polar surface area (TPSA) is 29.1 Å². The Kier molecular flexibility index (Phi) is 4.54. The van der Waals surface area contributed by atoms with E-state index in [0.717, 1.165) is 12.1 Å². The second kappa shape index (κ2) is 5.70. The zero-order chi connectivity index (χ0) is 13.0. The number of anilines is 1. The van der Waals surface area contributed by atoms with Gasteiger partial charge in [-0.15, -0.1) is 0 Å². The average Bonchev–Trinajstić information content (AvgIpc) is 2.31. The first kappa shape index (κ1) is 13.5. The summed E-state index contributed by atoms with van der Waals surface area (Å²) in [5, 5.41) is 2.26. The minimum Gasteiger partial charge on any atom is -0.323 e. The Bertz CT molecular complexity index is 416. The lowest BCUT2D eigenvalue weighted by Crippen LogP contribution is -2.22. The molecule has 0 heterocycles. The van der Waals surface area contributed by atoms with Gasteiger partial charge in [-0.25, -0.2) is 13.2 Å². The van der Waals surface area contributed by atoms with Gasteiger partial charge in [-0.2, -0.15) is 0 Å². The third kappa shape index (κ3) is 2.99. The highest BCUT2D eigenvalue weighted by Crippen LogP contribution is 2.21. The number of hydrogen-bond acceptors (Lipinski definition) is 1. The first-order valence-corrected chi connectivity index (χ1v) is 5.45. The molecule has 0 atom stereocenters. The SMILES string of the molecule is CCC(CC)C(=O)Nc1ccc(F)c(F)c1F. The van der Waals surface area contributed by atoms with Gasteiger partial charge in [0.25, 0.3) is 0 Å². The highest BCUT2D eigenvalue weighted by molar-refractivity contribution is 5.92. The Balaban J connectivity index is 2.89. The van der Waals surface area contributed by atoms with Crippen molar-refractivity contribution >= 4 is 11.6 Å². The maximum atomic E-state index is 13.3. The van der Waals surface area contributed by atoms with E-state index in [0.29, 0.717) is 12.8 Å². The second-order valence-electron chi connectivity index (χ2n) is 3.73. The number of rotatable bonds is 4. The number of hydrogen-bond donors (Lipinski definition) is 1. The van der Waals surface area contributed by atoms with Crippen molar-refractivity contribution < 1.29 is 18.0 Å². The van der Waals surface area contributed by atoms with Crippen molar-refractivity contribution in [2.24, 2.45) is 5.92 Å². The largest absolute Gasteiger partial charge is 0.323 e. The molecule has 0 bridgehead atoms. The average molecular weight is 245 g/mol. The van der Waals surface area contributed by atoms with Gasteiger partial charge < -0.3 is 5.32 Å². The van der Waals surface area contributed by atoms with E-state index in [2.05, 4.69) is 5.32 Å². The Morgan fingerprint density at radius 3 is 2.29 bits per heavy atom. The predicted molar refractivity (Wildman–Crippen MR) is 59.0 cm³/mol. The molecule has 0 saturated heterocycles. The highest BCUT2D eigenvalue weighted by Gasteiger charge is 2.18. The lowest BCUT2D eigenvalue weighted by molar-refractivity contribution is -0.120. The van der Waals surface area contributed by atoms with Gasteiger partial charge >= 0.3 is 0 Å². The van der Waals surface area contributed by atoms with Crippen LogP contribution in [0.1, 0.15) is 26.7 Å². The monoisotopic (exact) mass is 245 g/mol. The molecule has 0 saturated carbocycles. The Morgan fingerprint density at radius 2 is 1.76 bits per heavy atom. The summed E-state index contributed by atoms with van der Waals surface area (Å²) in [5.74, 6) is -4.87.